The van der Waals surface area contributed by atoms with E-state index in [-0.39, 0.29) is 0 Å². The van der Waals surface area contributed by atoms with Gasteiger partial charge in [-0.25, -0.2) is 4.98 Å². The first kappa shape index (κ1) is 14.6. The number of aromatic nitrogens is 4. The molecule has 22 heavy (non-hydrogen) atoms. The van der Waals surface area contributed by atoms with Crippen molar-refractivity contribution in [2.24, 2.45) is 0 Å². The molecule has 0 radical (unpaired) electrons. The summed E-state index contributed by atoms with van der Waals surface area (Å²) < 4.78 is 0. The molecule has 2 aromatic heterocycles. The Hall–Kier alpha value is -2.34. The second-order valence-corrected chi connectivity index (χ2v) is 5.35. The van der Waals surface area contributed by atoms with Gasteiger partial charge in [-0.2, -0.15) is 9.97 Å². The van der Waals surface area contributed by atoms with Crippen LogP contribution in [0.15, 0.2) is 30.6 Å². The summed E-state index contributed by atoms with van der Waals surface area (Å²) in [6.45, 7) is 3.02. The Labute approximate surface area is 133 Å². The highest BCUT2D eigenvalue weighted by Crippen LogP contribution is 2.22. The average molecular weight is 317 g/mol. The first-order chi connectivity index (χ1) is 10.8. The van der Waals surface area contributed by atoms with Gasteiger partial charge >= 0.3 is 0 Å². The van der Waals surface area contributed by atoms with Gasteiger partial charge in [-0.05, 0) is 30.7 Å². The van der Waals surface area contributed by atoms with E-state index in [1.165, 1.54) is 0 Å². The second kappa shape index (κ2) is 6.62. The van der Waals surface area contributed by atoms with Crippen LogP contribution < -0.4 is 10.6 Å². The minimum Gasteiger partial charge on any atom is -0.368 e. The van der Waals surface area contributed by atoms with Crippen LogP contribution in [0.1, 0.15) is 19.8 Å². The van der Waals surface area contributed by atoms with Gasteiger partial charge in [-0.15, -0.1) is 0 Å². The SMILES string of the molecule is CCCCNc1nc(Nc2ccc(Cl)cc2)nc2nc[nH]c12. The Morgan fingerprint density at radius 3 is 2.77 bits per heavy atom. The minimum absolute atomic E-state index is 0.501. The van der Waals surface area contributed by atoms with Crippen molar-refractivity contribution < 1.29 is 0 Å². The summed E-state index contributed by atoms with van der Waals surface area (Å²) in [6.07, 6.45) is 3.83. The number of aromatic amines is 1. The molecule has 0 saturated heterocycles. The van der Waals surface area contributed by atoms with Crippen LogP contribution in [0.25, 0.3) is 11.2 Å². The molecule has 0 saturated carbocycles. The zero-order valence-corrected chi connectivity index (χ0v) is 13.0. The lowest BCUT2D eigenvalue weighted by Crippen LogP contribution is -2.06. The molecule has 3 aromatic rings. The number of unbranched alkanes of at least 4 members (excludes halogenated alkanes) is 1. The predicted molar refractivity (Wildman–Crippen MR) is 89.8 cm³/mol. The average Bonchev–Trinajstić information content (AvgIpc) is 2.98. The van der Waals surface area contributed by atoms with Crippen molar-refractivity contribution in [3.63, 3.8) is 0 Å². The number of fused-ring (bicyclic) bond motifs is 1. The van der Waals surface area contributed by atoms with Gasteiger partial charge in [-0.3, -0.25) is 0 Å². The van der Waals surface area contributed by atoms with E-state index in [2.05, 4.69) is 37.5 Å². The van der Waals surface area contributed by atoms with Gasteiger partial charge in [0.15, 0.2) is 11.5 Å². The van der Waals surface area contributed by atoms with Crippen LogP contribution >= 0.6 is 11.6 Å². The zero-order chi connectivity index (χ0) is 15.4. The first-order valence-electron chi connectivity index (χ1n) is 7.24. The number of anilines is 3. The largest absolute Gasteiger partial charge is 0.368 e. The van der Waals surface area contributed by atoms with E-state index in [1.807, 2.05) is 24.3 Å². The molecule has 0 aliphatic carbocycles. The van der Waals surface area contributed by atoms with E-state index in [9.17, 15) is 0 Å². The monoisotopic (exact) mass is 316 g/mol. The fourth-order valence-electron chi connectivity index (χ4n) is 2.06. The molecule has 1 aromatic carbocycles. The lowest BCUT2D eigenvalue weighted by molar-refractivity contribution is 0.831. The third-order valence-corrected chi connectivity index (χ3v) is 3.46. The van der Waals surface area contributed by atoms with Gasteiger partial charge in [0.05, 0.1) is 6.33 Å². The number of nitrogens with one attached hydrogen (secondary N) is 3. The Kier molecular flexibility index (Phi) is 4.39. The van der Waals surface area contributed by atoms with E-state index in [1.54, 1.807) is 6.33 Å². The standard InChI is InChI=1S/C15H17ClN6/c1-2-3-8-17-13-12-14(19-9-18-12)22-15(21-13)20-11-6-4-10(16)5-7-11/h4-7,9H,2-3,8H2,1H3,(H3,17,18,19,20,21,22). The van der Waals surface area contributed by atoms with E-state index in [0.29, 0.717) is 16.6 Å². The van der Waals surface area contributed by atoms with Gasteiger partial charge in [0.25, 0.3) is 0 Å². The lowest BCUT2D eigenvalue weighted by Gasteiger charge is -2.09. The number of rotatable bonds is 6. The van der Waals surface area contributed by atoms with E-state index >= 15 is 0 Å². The van der Waals surface area contributed by atoms with Crippen LogP contribution in [0.2, 0.25) is 5.02 Å². The summed E-state index contributed by atoms with van der Waals surface area (Å²) in [5.41, 5.74) is 2.32. The summed E-state index contributed by atoms with van der Waals surface area (Å²) in [5.74, 6) is 1.26. The number of nitrogens with zero attached hydrogens (tertiary/aromatic N) is 3. The molecule has 0 bridgehead atoms. The molecular weight excluding hydrogens is 300 g/mol. The third kappa shape index (κ3) is 3.28. The summed E-state index contributed by atoms with van der Waals surface area (Å²) in [4.78, 5) is 16.2. The van der Waals surface area contributed by atoms with Crippen LogP contribution in [0.3, 0.4) is 0 Å². The molecule has 7 heteroatoms. The molecule has 6 nitrogen and oxygen atoms in total. The Balaban J connectivity index is 1.87. The molecule has 0 spiro atoms. The smallest absolute Gasteiger partial charge is 0.231 e. The van der Waals surface area contributed by atoms with Crippen LogP contribution in [0.5, 0.6) is 0 Å². The number of hydrogen-bond donors (Lipinski definition) is 3. The normalized spacial score (nSPS) is 10.8. The molecule has 0 fully saturated rings. The van der Waals surface area contributed by atoms with Gasteiger partial charge in [0.2, 0.25) is 5.95 Å². The van der Waals surface area contributed by atoms with Crippen molar-refractivity contribution in [1.82, 2.24) is 19.9 Å². The molecule has 0 amide bonds. The fourth-order valence-corrected chi connectivity index (χ4v) is 2.19. The van der Waals surface area contributed by atoms with E-state index in [4.69, 9.17) is 11.6 Å². The summed E-state index contributed by atoms with van der Waals surface area (Å²) in [5, 5.41) is 7.19. The maximum atomic E-state index is 5.89. The molecule has 3 rings (SSSR count). The quantitative estimate of drug-likeness (QED) is 0.600. The van der Waals surface area contributed by atoms with Gasteiger partial charge in [-0.1, -0.05) is 24.9 Å². The topological polar surface area (TPSA) is 78.5 Å². The van der Waals surface area contributed by atoms with Crippen molar-refractivity contribution in [2.45, 2.75) is 19.8 Å². The summed E-state index contributed by atoms with van der Waals surface area (Å²) in [6, 6.07) is 7.39. The van der Waals surface area contributed by atoms with Crippen LogP contribution in [0, 0.1) is 0 Å². The van der Waals surface area contributed by atoms with Crippen molar-refractivity contribution >= 4 is 40.2 Å². The van der Waals surface area contributed by atoms with Crippen LogP contribution in [-0.4, -0.2) is 26.5 Å². The summed E-state index contributed by atoms with van der Waals surface area (Å²) >= 11 is 5.89. The molecule has 0 aliphatic heterocycles. The molecule has 114 valence electrons. The van der Waals surface area contributed by atoms with Crippen molar-refractivity contribution in [1.29, 1.82) is 0 Å². The van der Waals surface area contributed by atoms with Crippen molar-refractivity contribution in [3.05, 3.63) is 35.6 Å². The second-order valence-electron chi connectivity index (χ2n) is 4.91. The molecule has 0 atom stereocenters. The fraction of sp³-hybridized carbons (Fsp3) is 0.267. The number of benzene rings is 1. The maximum absolute atomic E-state index is 5.89. The van der Waals surface area contributed by atoms with Crippen LogP contribution in [0.4, 0.5) is 17.5 Å². The van der Waals surface area contributed by atoms with Gasteiger partial charge in [0.1, 0.15) is 5.52 Å². The lowest BCUT2D eigenvalue weighted by atomic mass is 10.3. The highest BCUT2D eigenvalue weighted by molar-refractivity contribution is 6.30. The number of hydrogen-bond acceptors (Lipinski definition) is 5. The molecule has 3 N–H and O–H groups in total. The van der Waals surface area contributed by atoms with Gasteiger partial charge in [0, 0.05) is 17.3 Å². The molecule has 0 aliphatic rings. The maximum Gasteiger partial charge on any atom is 0.231 e. The minimum atomic E-state index is 0.501. The Morgan fingerprint density at radius 2 is 2.00 bits per heavy atom. The van der Waals surface area contributed by atoms with Crippen LogP contribution in [-0.2, 0) is 0 Å². The Morgan fingerprint density at radius 1 is 1.18 bits per heavy atom. The summed E-state index contributed by atoms with van der Waals surface area (Å²) in [7, 11) is 0. The molecule has 2 heterocycles. The highest BCUT2D eigenvalue weighted by atomic mass is 35.5. The van der Waals surface area contributed by atoms with Crippen molar-refractivity contribution in [2.75, 3.05) is 17.2 Å². The highest BCUT2D eigenvalue weighted by Gasteiger charge is 2.09. The first-order valence-corrected chi connectivity index (χ1v) is 7.61. The number of H-pyrrole nitrogens is 1. The molecule has 0 unspecified atom stereocenters. The number of halogens is 1. The van der Waals surface area contributed by atoms with E-state index in [0.717, 1.165) is 36.4 Å². The third-order valence-electron chi connectivity index (χ3n) is 3.21. The Bertz CT molecular complexity index is 752. The van der Waals surface area contributed by atoms with Crippen molar-refractivity contribution in [3.8, 4) is 0 Å². The predicted octanol–water partition coefficient (Wildman–Crippen LogP) is 3.96. The van der Waals surface area contributed by atoms with Gasteiger partial charge < -0.3 is 15.6 Å². The molecular formula is C15H17ClN6. The van der Waals surface area contributed by atoms with E-state index < -0.39 is 0 Å². The number of imidazole rings is 1. The zero-order valence-electron chi connectivity index (χ0n) is 12.2.